The smallest absolute Gasteiger partial charge is 0.0449 e. The second kappa shape index (κ2) is 7.75. The minimum absolute atomic E-state index is 1.10. The second-order valence-corrected chi connectivity index (χ2v) is 9.21. The van der Waals surface area contributed by atoms with E-state index in [0.717, 1.165) is 11.1 Å². The average molecular weight is 399 g/mol. The molecule has 0 bridgehead atoms. The van der Waals surface area contributed by atoms with E-state index < -0.39 is 0 Å². The Hall–Kier alpha value is -2.68. The maximum absolute atomic E-state index is 4.01. The fraction of sp³-hybridized carbons (Fsp3) is 0.0769. The van der Waals surface area contributed by atoms with Gasteiger partial charge in [0.1, 0.15) is 0 Å². The number of thiophene rings is 2. The largest absolute Gasteiger partial charge is 0.134 e. The van der Waals surface area contributed by atoms with Crippen molar-refractivity contribution in [3.63, 3.8) is 0 Å². The Bertz CT molecular complexity index is 1040. The topological polar surface area (TPSA) is 0 Å². The van der Waals surface area contributed by atoms with Crippen molar-refractivity contribution in [1.29, 1.82) is 0 Å². The van der Waals surface area contributed by atoms with Gasteiger partial charge in [-0.3, -0.25) is 0 Å². The number of benzene rings is 2. The predicted molar refractivity (Wildman–Crippen MR) is 128 cm³/mol. The monoisotopic (exact) mass is 398 g/mol. The van der Waals surface area contributed by atoms with Gasteiger partial charge in [0.15, 0.2) is 0 Å². The molecule has 2 heteroatoms. The van der Waals surface area contributed by atoms with Crippen LogP contribution in [0.15, 0.2) is 86.0 Å². The number of hydrogen-bond donors (Lipinski definition) is 0. The highest BCUT2D eigenvalue weighted by Gasteiger charge is 2.09. The Labute approximate surface area is 175 Å². The maximum Gasteiger partial charge on any atom is 0.0449 e. The molecule has 0 spiro atoms. The molecule has 0 unspecified atom stereocenters. The normalized spacial score (nSPS) is 10.8. The van der Waals surface area contributed by atoms with Crippen molar-refractivity contribution < 1.29 is 0 Å². The first-order chi connectivity index (χ1) is 13.5. The highest BCUT2D eigenvalue weighted by molar-refractivity contribution is 7.25. The summed E-state index contributed by atoms with van der Waals surface area (Å²) >= 11 is 3.69. The first kappa shape index (κ1) is 18.7. The highest BCUT2D eigenvalue weighted by Crippen LogP contribution is 2.40. The fourth-order valence-electron chi connectivity index (χ4n) is 3.09. The molecular weight excluding hydrogens is 376 g/mol. The van der Waals surface area contributed by atoms with Crippen LogP contribution in [-0.4, -0.2) is 0 Å². The van der Waals surface area contributed by atoms with Crippen molar-refractivity contribution in [2.24, 2.45) is 0 Å². The third-order valence-electron chi connectivity index (χ3n) is 4.78. The number of hydrogen-bond acceptors (Lipinski definition) is 2. The molecule has 2 aromatic heterocycles. The summed E-state index contributed by atoms with van der Waals surface area (Å²) in [5.74, 6) is 0. The van der Waals surface area contributed by atoms with Crippen LogP contribution in [0.3, 0.4) is 0 Å². The molecule has 0 N–H and O–H groups in total. The molecule has 0 aliphatic rings. The lowest BCUT2D eigenvalue weighted by Crippen LogP contribution is -1.77. The quantitative estimate of drug-likeness (QED) is 0.315. The van der Waals surface area contributed by atoms with Crippen molar-refractivity contribution in [2.45, 2.75) is 13.8 Å². The van der Waals surface area contributed by atoms with Crippen LogP contribution in [0.5, 0.6) is 0 Å². The van der Waals surface area contributed by atoms with Crippen LogP contribution in [0, 0.1) is 0 Å². The molecule has 2 aromatic carbocycles. The van der Waals surface area contributed by atoms with Crippen molar-refractivity contribution in [3.05, 3.63) is 97.1 Å². The molecule has 0 atom stereocenters. The standard InChI is InChI=1S/C26H22S2/c1-17(2)19-5-9-21(10-6-19)23-13-15-25(27-23)26-16-14-24(28-26)22-11-7-20(8-12-22)18(3)4/h5-16H,1,3H2,2,4H3. The molecule has 0 amide bonds. The van der Waals surface area contributed by atoms with Crippen molar-refractivity contribution >= 4 is 33.8 Å². The van der Waals surface area contributed by atoms with E-state index in [1.54, 1.807) is 0 Å². The second-order valence-electron chi connectivity index (χ2n) is 7.04. The van der Waals surface area contributed by atoms with Crippen LogP contribution >= 0.6 is 22.7 Å². The van der Waals surface area contributed by atoms with E-state index in [0.29, 0.717) is 0 Å². The van der Waals surface area contributed by atoms with E-state index in [1.165, 1.54) is 41.8 Å². The summed E-state index contributed by atoms with van der Waals surface area (Å²) in [6.45, 7) is 12.1. The average Bonchev–Trinajstić information content (AvgIpc) is 3.38. The zero-order valence-electron chi connectivity index (χ0n) is 16.2. The van der Waals surface area contributed by atoms with Crippen molar-refractivity contribution in [3.8, 4) is 30.6 Å². The molecule has 0 fully saturated rings. The fourth-order valence-corrected chi connectivity index (χ4v) is 5.20. The molecule has 28 heavy (non-hydrogen) atoms. The molecule has 4 rings (SSSR count). The van der Waals surface area contributed by atoms with Crippen LogP contribution in [0.25, 0.3) is 41.8 Å². The summed E-state index contributed by atoms with van der Waals surface area (Å²) in [5.41, 5.74) is 7.10. The molecular formula is C26H22S2. The minimum atomic E-state index is 1.10. The Kier molecular flexibility index (Phi) is 5.17. The molecule has 0 saturated carbocycles. The van der Waals surface area contributed by atoms with Crippen LogP contribution in [-0.2, 0) is 0 Å². The van der Waals surface area contributed by atoms with Gasteiger partial charge in [-0.2, -0.15) is 0 Å². The van der Waals surface area contributed by atoms with Gasteiger partial charge >= 0.3 is 0 Å². The molecule has 0 saturated heterocycles. The predicted octanol–water partition coefficient (Wildman–Crippen LogP) is 8.88. The van der Waals surface area contributed by atoms with Gasteiger partial charge in [-0.05, 0) is 60.4 Å². The first-order valence-corrected chi connectivity index (χ1v) is 10.9. The lowest BCUT2D eigenvalue weighted by Gasteiger charge is -2.02. The lowest BCUT2D eigenvalue weighted by molar-refractivity contribution is 1.58. The summed E-state index contributed by atoms with van der Waals surface area (Å²) in [5, 5.41) is 0. The van der Waals surface area contributed by atoms with Crippen LogP contribution in [0.4, 0.5) is 0 Å². The van der Waals surface area contributed by atoms with Gasteiger partial charge in [-0.15, -0.1) is 22.7 Å². The Morgan fingerprint density at radius 3 is 1.14 bits per heavy atom. The minimum Gasteiger partial charge on any atom is -0.134 e. The zero-order valence-corrected chi connectivity index (χ0v) is 17.8. The first-order valence-electron chi connectivity index (χ1n) is 9.24. The molecule has 0 aliphatic carbocycles. The van der Waals surface area contributed by atoms with E-state index in [-0.39, 0.29) is 0 Å². The summed E-state index contributed by atoms with van der Waals surface area (Å²) in [7, 11) is 0. The molecule has 0 radical (unpaired) electrons. The van der Waals surface area contributed by atoms with Crippen LogP contribution < -0.4 is 0 Å². The third kappa shape index (κ3) is 3.80. The molecule has 0 nitrogen and oxygen atoms in total. The van der Waals surface area contributed by atoms with Crippen molar-refractivity contribution in [2.75, 3.05) is 0 Å². The summed E-state index contributed by atoms with van der Waals surface area (Å²) in [6.07, 6.45) is 0. The molecule has 0 aliphatic heterocycles. The van der Waals surface area contributed by atoms with E-state index in [1.807, 2.05) is 36.5 Å². The van der Waals surface area contributed by atoms with Gasteiger partial charge in [0, 0.05) is 19.5 Å². The Balaban J connectivity index is 1.57. The summed E-state index contributed by atoms with van der Waals surface area (Å²) in [4.78, 5) is 5.22. The number of allylic oxidation sites excluding steroid dienone is 2. The van der Waals surface area contributed by atoms with Gasteiger partial charge in [0.2, 0.25) is 0 Å². The van der Waals surface area contributed by atoms with E-state index in [2.05, 4.69) is 86.0 Å². The van der Waals surface area contributed by atoms with Gasteiger partial charge in [0.05, 0.1) is 0 Å². The highest BCUT2D eigenvalue weighted by atomic mass is 32.1. The summed E-state index contributed by atoms with van der Waals surface area (Å²) < 4.78 is 0. The van der Waals surface area contributed by atoms with Gasteiger partial charge in [0.25, 0.3) is 0 Å². The zero-order chi connectivity index (χ0) is 19.7. The third-order valence-corrected chi connectivity index (χ3v) is 7.24. The number of rotatable bonds is 5. The van der Waals surface area contributed by atoms with E-state index >= 15 is 0 Å². The van der Waals surface area contributed by atoms with E-state index in [9.17, 15) is 0 Å². The van der Waals surface area contributed by atoms with Gasteiger partial charge < -0.3 is 0 Å². The van der Waals surface area contributed by atoms with Gasteiger partial charge in [-0.1, -0.05) is 72.8 Å². The molecule has 4 aromatic rings. The van der Waals surface area contributed by atoms with Crippen LogP contribution in [0.2, 0.25) is 0 Å². The maximum atomic E-state index is 4.01. The lowest BCUT2D eigenvalue weighted by atomic mass is 10.1. The Morgan fingerprint density at radius 1 is 0.500 bits per heavy atom. The van der Waals surface area contributed by atoms with Crippen molar-refractivity contribution in [1.82, 2.24) is 0 Å². The molecule has 138 valence electrons. The molecule has 2 heterocycles. The van der Waals surface area contributed by atoms with Gasteiger partial charge in [-0.25, -0.2) is 0 Å². The van der Waals surface area contributed by atoms with Crippen LogP contribution in [0.1, 0.15) is 25.0 Å². The SMILES string of the molecule is C=C(C)c1ccc(-c2ccc(-c3ccc(-c4ccc(C(=C)C)cc4)s3)s2)cc1. The van der Waals surface area contributed by atoms with E-state index in [4.69, 9.17) is 0 Å². The summed E-state index contributed by atoms with van der Waals surface area (Å²) in [6, 6.07) is 26.2. The Morgan fingerprint density at radius 2 is 0.821 bits per heavy atom.